The van der Waals surface area contributed by atoms with E-state index in [0.29, 0.717) is 5.92 Å². The number of piperazine rings is 1. The lowest BCUT2D eigenvalue weighted by molar-refractivity contribution is 0.0142. The first-order valence-electron chi connectivity index (χ1n) is 9.52. The maximum atomic E-state index is 12.1. The predicted octanol–water partition coefficient (Wildman–Crippen LogP) is 3.79. The third kappa shape index (κ3) is 6.72. The van der Waals surface area contributed by atoms with Gasteiger partial charge in [0.25, 0.3) is 0 Å². The minimum Gasteiger partial charge on any atom is -0.444 e. The van der Waals surface area contributed by atoms with Gasteiger partial charge >= 0.3 is 6.09 Å². The number of benzene rings is 1. The van der Waals surface area contributed by atoms with E-state index in [0.717, 1.165) is 51.1 Å². The topological polar surface area (TPSA) is 32.8 Å². The molecule has 1 aromatic rings. The number of carbonyl (C=O) groups excluding carboxylic acids is 1. The average Bonchev–Trinajstić information content (AvgIpc) is 2.59. The van der Waals surface area contributed by atoms with Crippen LogP contribution in [0.3, 0.4) is 0 Å². The van der Waals surface area contributed by atoms with E-state index in [4.69, 9.17) is 11.2 Å². The van der Waals surface area contributed by atoms with Gasteiger partial charge in [0.2, 0.25) is 0 Å². The monoisotopic (exact) mass is 356 g/mol. The molecule has 1 amide bonds. The molecule has 1 saturated heterocycles. The lowest BCUT2D eigenvalue weighted by Gasteiger charge is -2.36. The Bertz CT molecular complexity index is 617. The first-order chi connectivity index (χ1) is 12.3. The molecule has 0 radical (unpaired) electrons. The first kappa shape index (κ1) is 20.3. The zero-order valence-corrected chi connectivity index (χ0v) is 16.6. The van der Waals surface area contributed by atoms with Gasteiger partial charge in [-0.25, -0.2) is 4.79 Å². The van der Waals surface area contributed by atoms with Crippen molar-refractivity contribution in [3.63, 3.8) is 0 Å². The van der Waals surface area contributed by atoms with Crippen LogP contribution in [0, 0.1) is 18.3 Å². The van der Waals surface area contributed by atoms with E-state index in [9.17, 15) is 4.79 Å². The molecular formula is C22H32N2O2. The van der Waals surface area contributed by atoms with Gasteiger partial charge < -0.3 is 9.64 Å². The summed E-state index contributed by atoms with van der Waals surface area (Å²) in [6.07, 6.45) is 7.44. The fourth-order valence-electron chi connectivity index (χ4n) is 3.12. The molecule has 0 saturated carbocycles. The van der Waals surface area contributed by atoms with Gasteiger partial charge in [-0.3, -0.25) is 4.90 Å². The Morgan fingerprint density at radius 1 is 1.19 bits per heavy atom. The number of hydrogen-bond acceptors (Lipinski definition) is 3. The Hall–Kier alpha value is -1.99. The number of ether oxygens (including phenoxy) is 1. The van der Waals surface area contributed by atoms with Crippen LogP contribution in [0.15, 0.2) is 24.3 Å². The van der Waals surface area contributed by atoms with Gasteiger partial charge in [-0.05, 0) is 63.8 Å². The average molecular weight is 357 g/mol. The summed E-state index contributed by atoms with van der Waals surface area (Å²) in [5.74, 6) is 3.28. The second-order valence-electron chi connectivity index (χ2n) is 8.25. The van der Waals surface area contributed by atoms with Crippen molar-refractivity contribution in [1.82, 2.24) is 9.80 Å². The van der Waals surface area contributed by atoms with Crippen LogP contribution in [0.25, 0.3) is 0 Å². The van der Waals surface area contributed by atoms with Crippen molar-refractivity contribution in [3.8, 4) is 12.3 Å². The summed E-state index contributed by atoms with van der Waals surface area (Å²) in [6, 6.07) is 8.28. The van der Waals surface area contributed by atoms with E-state index >= 15 is 0 Å². The molecule has 4 nitrogen and oxygen atoms in total. The Labute approximate surface area is 158 Å². The van der Waals surface area contributed by atoms with Gasteiger partial charge in [0.15, 0.2) is 0 Å². The molecule has 4 heteroatoms. The normalized spacial score (nSPS) is 16.8. The van der Waals surface area contributed by atoms with Gasteiger partial charge in [-0.1, -0.05) is 25.0 Å². The minimum absolute atomic E-state index is 0.194. The highest BCUT2D eigenvalue weighted by Gasteiger charge is 2.25. The SMILES string of the molecule is C#Cc1ccc(C[C@@H](C)CCN2CCN(C(=O)OC(C)(C)C)CC2)cc1. The molecular weight excluding hydrogens is 324 g/mol. The van der Waals surface area contributed by atoms with Gasteiger partial charge in [-0.2, -0.15) is 0 Å². The maximum Gasteiger partial charge on any atom is 0.410 e. The molecule has 1 heterocycles. The predicted molar refractivity (Wildman–Crippen MR) is 106 cm³/mol. The summed E-state index contributed by atoms with van der Waals surface area (Å²) >= 11 is 0. The summed E-state index contributed by atoms with van der Waals surface area (Å²) in [5, 5.41) is 0. The molecule has 1 aliphatic rings. The first-order valence-corrected chi connectivity index (χ1v) is 9.52. The summed E-state index contributed by atoms with van der Waals surface area (Å²) in [6.45, 7) is 12.4. The highest BCUT2D eigenvalue weighted by Crippen LogP contribution is 2.15. The molecule has 142 valence electrons. The number of hydrogen-bond donors (Lipinski definition) is 0. The van der Waals surface area contributed by atoms with Crippen molar-refractivity contribution in [2.24, 2.45) is 5.92 Å². The standard InChI is InChI=1S/C22H32N2O2/c1-6-19-7-9-20(10-8-19)17-18(2)11-12-23-13-15-24(16-14-23)21(25)26-22(3,4)5/h1,7-10,18H,11-17H2,2-5H3/t18-/m0/s1. The van der Waals surface area contributed by atoms with Crippen molar-refractivity contribution in [2.45, 2.75) is 46.1 Å². The van der Waals surface area contributed by atoms with Crippen LogP contribution < -0.4 is 0 Å². The molecule has 2 rings (SSSR count). The molecule has 1 aromatic carbocycles. The second kappa shape index (κ2) is 9.09. The van der Waals surface area contributed by atoms with Crippen molar-refractivity contribution in [2.75, 3.05) is 32.7 Å². The Morgan fingerprint density at radius 3 is 2.35 bits per heavy atom. The Balaban J connectivity index is 1.69. The van der Waals surface area contributed by atoms with Crippen molar-refractivity contribution >= 4 is 6.09 Å². The molecule has 1 fully saturated rings. The molecule has 26 heavy (non-hydrogen) atoms. The maximum absolute atomic E-state index is 12.1. The Morgan fingerprint density at radius 2 is 1.81 bits per heavy atom. The van der Waals surface area contributed by atoms with E-state index < -0.39 is 5.60 Å². The zero-order valence-electron chi connectivity index (χ0n) is 16.6. The van der Waals surface area contributed by atoms with E-state index in [1.165, 1.54) is 5.56 Å². The smallest absolute Gasteiger partial charge is 0.410 e. The molecule has 0 aliphatic carbocycles. The zero-order chi connectivity index (χ0) is 19.2. The quantitative estimate of drug-likeness (QED) is 0.753. The molecule has 0 unspecified atom stereocenters. The van der Waals surface area contributed by atoms with Crippen LogP contribution in [0.5, 0.6) is 0 Å². The number of rotatable bonds is 5. The van der Waals surface area contributed by atoms with Crippen LogP contribution in [0.4, 0.5) is 4.79 Å². The fraction of sp³-hybridized carbons (Fsp3) is 0.591. The number of terminal acetylenes is 1. The highest BCUT2D eigenvalue weighted by molar-refractivity contribution is 5.68. The minimum atomic E-state index is -0.429. The highest BCUT2D eigenvalue weighted by atomic mass is 16.6. The van der Waals surface area contributed by atoms with Gasteiger partial charge in [-0.15, -0.1) is 6.42 Å². The third-order valence-corrected chi connectivity index (χ3v) is 4.67. The van der Waals surface area contributed by atoms with Crippen LogP contribution in [0.1, 0.15) is 45.2 Å². The second-order valence-corrected chi connectivity index (χ2v) is 8.25. The van der Waals surface area contributed by atoms with E-state index in [-0.39, 0.29) is 6.09 Å². The lowest BCUT2D eigenvalue weighted by Crippen LogP contribution is -2.50. The summed E-state index contributed by atoms with van der Waals surface area (Å²) in [4.78, 5) is 16.4. The Kier molecular flexibility index (Phi) is 7.11. The molecule has 0 N–H and O–H groups in total. The number of carbonyl (C=O) groups is 1. The van der Waals surface area contributed by atoms with Gasteiger partial charge in [0.05, 0.1) is 0 Å². The van der Waals surface area contributed by atoms with Gasteiger partial charge in [0.1, 0.15) is 5.60 Å². The number of amides is 1. The van der Waals surface area contributed by atoms with E-state index in [2.05, 4.69) is 29.9 Å². The van der Waals surface area contributed by atoms with Gasteiger partial charge in [0, 0.05) is 31.7 Å². The summed E-state index contributed by atoms with van der Waals surface area (Å²) < 4.78 is 5.45. The molecule has 0 spiro atoms. The van der Waals surface area contributed by atoms with E-state index in [1.54, 1.807) is 0 Å². The lowest BCUT2D eigenvalue weighted by atomic mass is 9.97. The van der Waals surface area contributed by atoms with Crippen molar-refractivity contribution in [1.29, 1.82) is 0 Å². The fourth-order valence-corrected chi connectivity index (χ4v) is 3.12. The summed E-state index contributed by atoms with van der Waals surface area (Å²) in [7, 11) is 0. The molecule has 0 aromatic heterocycles. The molecule has 0 bridgehead atoms. The summed E-state index contributed by atoms with van der Waals surface area (Å²) in [5.41, 5.74) is 1.85. The number of nitrogens with zero attached hydrogens (tertiary/aromatic N) is 2. The van der Waals surface area contributed by atoms with Crippen LogP contribution in [-0.4, -0.2) is 54.2 Å². The molecule has 1 aliphatic heterocycles. The van der Waals surface area contributed by atoms with Crippen molar-refractivity contribution < 1.29 is 9.53 Å². The largest absolute Gasteiger partial charge is 0.444 e. The van der Waals surface area contributed by atoms with Crippen LogP contribution in [-0.2, 0) is 11.2 Å². The van der Waals surface area contributed by atoms with Crippen LogP contribution in [0.2, 0.25) is 0 Å². The third-order valence-electron chi connectivity index (χ3n) is 4.67. The van der Waals surface area contributed by atoms with Crippen molar-refractivity contribution in [3.05, 3.63) is 35.4 Å². The molecule has 1 atom stereocenters. The van der Waals surface area contributed by atoms with Crippen LogP contribution >= 0.6 is 0 Å². The van der Waals surface area contributed by atoms with E-state index in [1.807, 2.05) is 37.8 Å².